The molecule has 0 radical (unpaired) electrons. The number of hydrogen-bond acceptors (Lipinski definition) is 4. The Bertz CT molecular complexity index is 1230. The predicted molar refractivity (Wildman–Crippen MR) is 125 cm³/mol. The highest BCUT2D eigenvalue weighted by Crippen LogP contribution is 2.42. The number of benzene rings is 2. The summed E-state index contributed by atoms with van der Waals surface area (Å²) in [7, 11) is 1.70. The lowest BCUT2D eigenvalue weighted by Crippen LogP contribution is -2.42. The number of carbonyl (C=O) groups is 2. The van der Waals surface area contributed by atoms with Crippen molar-refractivity contribution in [2.24, 2.45) is 0 Å². The van der Waals surface area contributed by atoms with Crippen LogP contribution < -0.4 is 15.0 Å². The van der Waals surface area contributed by atoms with Crippen LogP contribution in [0.5, 0.6) is 11.5 Å². The minimum Gasteiger partial charge on any atom is -0.455 e. The Kier molecular flexibility index (Phi) is 5.84. The smallest absolute Gasteiger partial charge is 0.273 e. The van der Waals surface area contributed by atoms with Crippen LogP contribution in [0, 0.1) is 26.6 Å². The number of rotatable bonds is 5. The third-order valence-electron chi connectivity index (χ3n) is 5.63. The van der Waals surface area contributed by atoms with Crippen LogP contribution in [0.4, 0.5) is 15.8 Å². The molecule has 7 nitrogen and oxygen atoms in total. The highest BCUT2D eigenvalue weighted by atomic mass is 19.1. The summed E-state index contributed by atoms with van der Waals surface area (Å²) in [5, 5.41) is 2.75. The predicted octanol–water partition coefficient (Wildman–Crippen LogP) is 4.80. The zero-order chi connectivity index (χ0) is 23.9. The maximum Gasteiger partial charge on any atom is 0.273 e. The van der Waals surface area contributed by atoms with Crippen LogP contribution in [-0.2, 0) is 0 Å². The quantitative estimate of drug-likeness (QED) is 0.585. The van der Waals surface area contributed by atoms with Crippen LogP contribution in [0.25, 0.3) is 0 Å². The Balaban J connectivity index is 1.82. The first-order chi connectivity index (χ1) is 15.7. The molecule has 33 heavy (non-hydrogen) atoms. The van der Waals surface area contributed by atoms with E-state index in [4.69, 9.17) is 4.74 Å². The molecule has 4 rings (SSSR count). The number of halogens is 1. The van der Waals surface area contributed by atoms with Crippen LogP contribution in [0.3, 0.4) is 0 Å². The first-order valence-electron chi connectivity index (χ1n) is 10.8. The van der Waals surface area contributed by atoms with Crippen LogP contribution >= 0.6 is 0 Å². The lowest BCUT2D eigenvalue weighted by Gasteiger charge is -2.35. The van der Waals surface area contributed by atoms with Crippen molar-refractivity contribution in [2.45, 2.75) is 27.7 Å². The Hall–Kier alpha value is -3.81. The molecule has 0 unspecified atom stereocenters. The second-order valence-electron chi connectivity index (χ2n) is 8.32. The fraction of sp³-hybridized carbons (Fsp3) is 0.280. The van der Waals surface area contributed by atoms with Gasteiger partial charge in [0, 0.05) is 13.6 Å². The molecular weight excluding hydrogens is 423 g/mol. The first kappa shape index (κ1) is 22.4. The summed E-state index contributed by atoms with van der Waals surface area (Å²) in [5.41, 5.74) is 4.37. The molecule has 0 saturated carbocycles. The number of ether oxygens (including phenoxy) is 1. The van der Waals surface area contributed by atoms with Crippen molar-refractivity contribution < 1.29 is 18.7 Å². The largest absolute Gasteiger partial charge is 0.455 e. The van der Waals surface area contributed by atoms with Crippen LogP contribution in [0.1, 0.15) is 44.6 Å². The molecule has 0 atom stereocenters. The van der Waals surface area contributed by atoms with Crippen molar-refractivity contribution in [2.75, 3.05) is 25.2 Å². The van der Waals surface area contributed by atoms with Gasteiger partial charge in [-0.3, -0.25) is 9.59 Å². The molecule has 1 aromatic heterocycles. The Morgan fingerprint density at radius 3 is 2.48 bits per heavy atom. The lowest BCUT2D eigenvalue weighted by molar-refractivity contribution is 0.0782. The molecule has 3 aromatic rings. The van der Waals surface area contributed by atoms with Gasteiger partial charge < -0.3 is 24.8 Å². The molecule has 1 aliphatic heterocycles. The van der Waals surface area contributed by atoms with Crippen LogP contribution in [0.2, 0.25) is 0 Å². The van der Waals surface area contributed by atoms with E-state index < -0.39 is 0 Å². The number of aromatic amines is 1. The second kappa shape index (κ2) is 8.61. The Labute approximate surface area is 192 Å². The number of aromatic nitrogens is 1. The second-order valence-corrected chi connectivity index (χ2v) is 8.32. The molecular formula is C25H27FN4O3. The summed E-state index contributed by atoms with van der Waals surface area (Å²) in [4.78, 5) is 31.7. The summed E-state index contributed by atoms with van der Waals surface area (Å²) >= 11 is 0. The van der Waals surface area contributed by atoms with E-state index in [0.717, 1.165) is 11.3 Å². The molecule has 172 valence electrons. The minimum atomic E-state index is -0.313. The number of carbonyl (C=O) groups excluding carboxylic acids is 2. The molecule has 0 saturated heterocycles. The van der Waals surface area contributed by atoms with E-state index in [2.05, 4.69) is 10.3 Å². The number of fused-ring (bicyclic) bond motifs is 1. The van der Waals surface area contributed by atoms with Crippen molar-refractivity contribution >= 4 is 23.2 Å². The van der Waals surface area contributed by atoms with Gasteiger partial charge in [0.15, 0.2) is 5.75 Å². The van der Waals surface area contributed by atoms with Crippen molar-refractivity contribution in [3.05, 3.63) is 70.3 Å². The number of amides is 2. The van der Waals surface area contributed by atoms with E-state index in [0.29, 0.717) is 46.2 Å². The SMILES string of the molecule is CCNC(=O)c1cc2c([nH]1)C(=O)N(C)CN2c1cc(C)ccc1Oc1c(C)cc(F)cc1C. The molecule has 0 spiro atoms. The Morgan fingerprint density at radius 2 is 1.82 bits per heavy atom. The average molecular weight is 451 g/mol. The van der Waals surface area contributed by atoms with Gasteiger partial charge in [-0.2, -0.15) is 0 Å². The van der Waals surface area contributed by atoms with Crippen molar-refractivity contribution in [3.8, 4) is 11.5 Å². The van der Waals surface area contributed by atoms with E-state index in [9.17, 15) is 14.0 Å². The normalized spacial score (nSPS) is 13.2. The number of H-pyrrole nitrogens is 1. The van der Waals surface area contributed by atoms with Gasteiger partial charge in [-0.25, -0.2) is 4.39 Å². The number of aryl methyl sites for hydroxylation is 3. The molecule has 2 amide bonds. The summed E-state index contributed by atoms with van der Waals surface area (Å²) in [6.45, 7) is 8.16. The third kappa shape index (κ3) is 4.16. The topological polar surface area (TPSA) is 77.7 Å². The van der Waals surface area contributed by atoms with Crippen molar-refractivity contribution in [3.63, 3.8) is 0 Å². The zero-order valence-electron chi connectivity index (χ0n) is 19.4. The van der Waals surface area contributed by atoms with Crippen molar-refractivity contribution in [1.82, 2.24) is 15.2 Å². The van der Waals surface area contributed by atoms with Crippen LogP contribution in [0.15, 0.2) is 36.4 Å². The summed E-state index contributed by atoms with van der Waals surface area (Å²) < 4.78 is 20.1. The molecule has 0 bridgehead atoms. The van der Waals surface area contributed by atoms with Gasteiger partial charge in [0.25, 0.3) is 11.8 Å². The average Bonchev–Trinajstić information content (AvgIpc) is 3.20. The minimum absolute atomic E-state index is 0.197. The number of anilines is 2. The molecule has 0 aliphatic carbocycles. The number of nitrogens with zero attached hydrogens (tertiary/aromatic N) is 2. The molecule has 1 aliphatic rings. The van der Waals surface area contributed by atoms with Crippen molar-refractivity contribution in [1.29, 1.82) is 0 Å². The Morgan fingerprint density at radius 1 is 1.12 bits per heavy atom. The maximum absolute atomic E-state index is 13.8. The van der Waals surface area contributed by atoms with Gasteiger partial charge in [0.1, 0.15) is 23.0 Å². The molecule has 2 heterocycles. The monoisotopic (exact) mass is 450 g/mol. The highest BCUT2D eigenvalue weighted by molar-refractivity contribution is 6.05. The van der Waals surface area contributed by atoms with Gasteiger partial charge >= 0.3 is 0 Å². The standard InChI is InChI=1S/C25H27FN4O3/c1-6-27-24(31)18-12-20-22(28-18)25(32)29(5)13-30(20)19-9-14(2)7-8-21(19)33-23-15(3)10-17(26)11-16(23)4/h7-12,28H,6,13H2,1-5H3,(H,27,31). The summed E-state index contributed by atoms with van der Waals surface area (Å²) in [5.74, 6) is 0.360. The fourth-order valence-corrected chi connectivity index (χ4v) is 4.04. The van der Waals surface area contributed by atoms with E-state index in [1.807, 2.05) is 36.9 Å². The maximum atomic E-state index is 13.8. The first-order valence-corrected chi connectivity index (χ1v) is 10.8. The third-order valence-corrected chi connectivity index (χ3v) is 5.63. The summed E-state index contributed by atoms with van der Waals surface area (Å²) in [6, 6.07) is 10.3. The van der Waals surface area contributed by atoms with E-state index in [-0.39, 0.29) is 24.3 Å². The lowest BCUT2D eigenvalue weighted by atomic mass is 10.1. The fourth-order valence-electron chi connectivity index (χ4n) is 4.04. The molecule has 8 heteroatoms. The molecule has 2 N–H and O–H groups in total. The number of nitrogens with one attached hydrogen (secondary N) is 2. The van der Waals surface area contributed by atoms with Gasteiger partial charge in [-0.1, -0.05) is 6.07 Å². The number of hydrogen-bond donors (Lipinski definition) is 2. The summed E-state index contributed by atoms with van der Waals surface area (Å²) in [6.07, 6.45) is 0. The van der Waals surface area contributed by atoms with Gasteiger partial charge in [-0.05, 0) is 74.7 Å². The highest BCUT2D eigenvalue weighted by Gasteiger charge is 2.33. The van der Waals surface area contributed by atoms with Crippen LogP contribution in [-0.4, -0.2) is 42.0 Å². The zero-order valence-corrected chi connectivity index (χ0v) is 19.4. The molecule has 2 aromatic carbocycles. The van der Waals surface area contributed by atoms with Gasteiger partial charge in [0.05, 0.1) is 18.0 Å². The van der Waals surface area contributed by atoms with Gasteiger partial charge in [0.2, 0.25) is 0 Å². The van der Waals surface area contributed by atoms with E-state index >= 15 is 0 Å². The van der Waals surface area contributed by atoms with Gasteiger partial charge in [-0.15, -0.1) is 0 Å². The molecule has 0 fully saturated rings. The van der Waals surface area contributed by atoms with E-state index in [1.54, 1.807) is 31.9 Å². The van der Waals surface area contributed by atoms with E-state index in [1.165, 1.54) is 12.1 Å².